The van der Waals surface area contributed by atoms with Crippen molar-refractivity contribution in [1.29, 1.82) is 0 Å². The van der Waals surface area contributed by atoms with Crippen molar-refractivity contribution in [2.24, 2.45) is 4.99 Å². The average Bonchev–Trinajstić information content (AvgIpc) is 2.62. The number of guanidine groups is 1. The summed E-state index contributed by atoms with van der Waals surface area (Å²) in [6, 6.07) is 12.9. The molecule has 0 heterocycles. The molecule has 0 bridgehead atoms. The molecule has 0 aliphatic carbocycles. The fourth-order valence-corrected chi connectivity index (χ4v) is 2.50. The second-order valence-electron chi connectivity index (χ2n) is 6.25. The monoisotopic (exact) mass is 489 g/mol. The minimum absolute atomic E-state index is 0. The first kappa shape index (κ1) is 23.3. The summed E-state index contributed by atoms with van der Waals surface area (Å²) in [4.78, 5) is 4.42. The zero-order valence-electron chi connectivity index (χ0n) is 15.5. The van der Waals surface area contributed by atoms with Crippen LogP contribution in [0.4, 0.5) is 8.78 Å². The smallest absolute Gasteiger partial charge is 0.191 e. The molecule has 0 aliphatic heterocycles. The predicted molar refractivity (Wildman–Crippen MR) is 115 cm³/mol. The molecule has 1 atom stereocenters. The SMILES string of the molecule is CCNC(=NCC(C)(O)c1ccccc1)NCCc1ccc(F)cc1F.I. The van der Waals surface area contributed by atoms with E-state index < -0.39 is 17.2 Å². The van der Waals surface area contributed by atoms with Gasteiger partial charge in [0.1, 0.15) is 17.2 Å². The Balaban J connectivity index is 0.00000364. The van der Waals surface area contributed by atoms with Crippen LogP contribution in [0.2, 0.25) is 0 Å². The minimum Gasteiger partial charge on any atom is -0.384 e. The van der Waals surface area contributed by atoms with E-state index in [0.29, 0.717) is 31.0 Å². The lowest BCUT2D eigenvalue weighted by Crippen LogP contribution is -2.39. The van der Waals surface area contributed by atoms with Crippen molar-refractivity contribution < 1.29 is 13.9 Å². The summed E-state index contributed by atoms with van der Waals surface area (Å²) < 4.78 is 26.6. The number of aliphatic hydroxyl groups is 1. The molecule has 2 aromatic carbocycles. The molecule has 7 heteroatoms. The fraction of sp³-hybridized carbons (Fsp3) is 0.350. The maximum atomic E-state index is 13.7. The highest BCUT2D eigenvalue weighted by molar-refractivity contribution is 14.0. The van der Waals surface area contributed by atoms with Gasteiger partial charge in [0.2, 0.25) is 0 Å². The predicted octanol–water partition coefficient (Wildman–Crippen LogP) is 3.59. The van der Waals surface area contributed by atoms with Crippen LogP contribution >= 0.6 is 24.0 Å². The Kier molecular flexibility index (Phi) is 9.65. The van der Waals surface area contributed by atoms with E-state index in [1.807, 2.05) is 37.3 Å². The van der Waals surface area contributed by atoms with E-state index in [-0.39, 0.29) is 30.5 Å². The summed E-state index contributed by atoms with van der Waals surface area (Å²) in [6.07, 6.45) is 0.394. The summed E-state index contributed by atoms with van der Waals surface area (Å²) in [7, 11) is 0. The molecule has 0 fully saturated rings. The van der Waals surface area contributed by atoms with E-state index in [4.69, 9.17) is 0 Å². The van der Waals surface area contributed by atoms with Crippen LogP contribution in [0.3, 0.4) is 0 Å². The van der Waals surface area contributed by atoms with Crippen molar-refractivity contribution in [2.75, 3.05) is 19.6 Å². The highest BCUT2D eigenvalue weighted by atomic mass is 127. The maximum Gasteiger partial charge on any atom is 0.191 e. The highest BCUT2D eigenvalue weighted by Gasteiger charge is 2.22. The van der Waals surface area contributed by atoms with E-state index >= 15 is 0 Å². The molecule has 1 unspecified atom stereocenters. The minimum atomic E-state index is -1.09. The van der Waals surface area contributed by atoms with Crippen molar-refractivity contribution in [1.82, 2.24) is 10.6 Å². The second-order valence-corrected chi connectivity index (χ2v) is 6.25. The van der Waals surface area contributed by atoms with Gasteiger partial charge >= 0.3 is 0 Å². The van der Waals surface area contributed by atoms with Gasteiger partial charge in [0.15, 0.2) is 5.96 Å². The summed E-state index contributed by atoms with van der Waals surface area (Å²) in [5.41, 5.74) is 0.131. The molecule has 4 nitrogen and oxygen atoms in total. The Morgan fingerprint density at radius 1 is 1.11 bits per heavy atom. The largest absolute Gasteiger partial charge is 0.384 e. The molecule has 0 saturated heterocycles. The quantitative estimate of drug-likeness (QED) is 0.317. The number of halogens is 3. The van der Waals surface area contributed by atoms with Gasteiger partial charge in [0.25, 0.3) is 0 Å². The number of hydrogen-bond donors (Lipinski definition) is 3. The molecule has 0 aliphatic rings. The van der Waals surface area contributed by atoms with Crippen LogP contribution in [0, 0.1) is 11.6 Å². The van der Waals surface area contributed by atoms with Gasteiger partial charge in [-0.2, -0.15) is 0 Å². The number of nitrogens with one attached hydrogen (secondary N) is 2. The third-order valence-electron chi connectivity index (χ3n) is 3.99. The standard InChI is InChI=1S/C20H25F2N3O.HI/c1-3-23-19(24-12-11-15-9-10-17(21)13-18(15)22)25-14-20(2,26)16-7-5-4-6-8-16;/h4-10,13,26H,3,11-12,14H2,1-2H3,(H2,23,24,25);1H. The van der Waals surface area contributed by atoms with Crippen LogP contribution in [0.15, 0.2) is 53.5 Å². The van der Waals surface area contributed by atoms with Gasteiger partial charge in [-0.1, -0.05) is 36.4 Å². The normalized spacial score (nSPS) is 13.4. The third-order valence-corrected chi connectivity index (χ3v) is 3.99. The van der Waals surface area contributed by atoms with Crippen molar-refractivity contribution in [3.63, 3.8) is 0 Å². The number of rotatable bonds is 7. The van der Waals surface area contributed by atoms with Gasteiger partial charge in [-0.15, -0.1) is 24.0 Å². The first-order valence-corrected chi connectivity index (χ1v) is 8.66. The van der Waals surface area contributed by atoms with Crippen LogP contribution in [0.5, 0.6) is 0 Å². The maximum absolute atomic E-state index is 13.7. The van der Waals surface area contributed by atoms with E-state index in [1.165, 1.54) is 12.1 Å². The van der Waals surface area contributed by atoms with Gasteiger partial charge in [-0.05, 0) is 37.5 Å². The molecule has 0 spiro atoms. The van der Waals surface area contributed by atoms with E-state index in [2.05, 4.69) is 15.6 Å². The third kappa shape index (κ3) is 7.42. The molecule has 27 heavy (non-hydrogen) atoms. The van der Waals surface area contributed by atoms with Gasteiger partial charge in [-0.3, -0.25) is 0 Å². The Labute approximate surface area is 176 Å². The fourth-order valence-electron chi connectivity index (χ4n) is 2.50. The zero-order valence-corrected chi connectivity index (χ0v) is 17.8. The second kappa shape index (κ2) is 11.2. The molecule has 0 radical (unpaired) electrons. The topological polar surface area (TPSA) is 56.7 Å². The van der Waals surface area contributed by atoms with Gasteiger partial charge in [0.05, 0.1) is 6.54 Å². The summed E-state index contributed by atoms with van der Waals surface area (Å²) in [5, 5.41) is 16.8. The Hall–Kier alpha value is -1.74. The summed E-state index contributed by atoms with van der Waals surface area (Å²) >= 11 is 0. The molecule has 148 valence electrons. The van der Waals surface area contributed by atoms with Gasteiger partial charge < -0.3 is 15.7 Å². The molecule has 2 rings (SSSR count). The first-order chi connectivity index (χ1) is 12.4. The molecule has 0 aromatic heterocycles. The number of aliphatic imine (C=N–C) groups is 1. The van der Waals surface area contributed by atoms with E-state index in [9.17, 15) is 13.9 Å². The van der Waals surface area contributed by atoms with Crippen LogP contribution < -0.4 is 10.6 Å². The van der Waals surface area contributed by atoms with Crippen LogP contribution in [0.25, 0.3) is 0 Å². The van der Waals surface area contributed by atoms with Crippen molar-refractivity contribution in [2.45, 2.75) is 25.9 Å². The highest BCUT2D eigenvalue weighted by Crippen LogP contribution is 2.20. The molecular weight excluding hydrogens is 463 g/mol. The average molecular weight is 489 g/mol. The van der Waals surface area contributed by atoms with Gasteiger partial charge in [0, 0.05) is 19.2 Å². The van der Waals surface area contributed by atoms with E-state index in [1.54, 1.807) is 6.92 Å². The Morgan fingerprint density at radius 3 is 2.44 bits per heavy atom. The molecular formula is C20H26F2IN3O. The number of benzene rings is 2. The number of hydrogen-bond acceptors (Lipinski definition) is 2. The zero-order chi connectivity index (χ0) is 19.0. The van der Waals surface area contributed by atoms with Crippen molar-refractivity contribution >= 4 is 29.9 Å². The molecule has 2 aromatic rings. The lowest BCUT2D eigenvalue weighted by molar-refractivity contribution is 0.0672. The van der Waals surface area contributed by atoms with Crippen LogP contribution in [-0.2, 0) is 12.0 Å². The van der Waals surface area contributed by atoms with Crippen molar-refractivity contribution in [3.8, 4) is 0 Å². The lowest BCUT2D eigenvalue weighted by Gasteiger charge is -2.22. The Bertz CT molecular complexity index is 739. The van der Waals surface area contributed by atoms with Gasteiger partial charge in [-0.25, -0.2) is 13.8 Å². The lowest BCUT2D eigenvalue weighted by atomic mass is 9.96. The Morgan fingerprint density at radius 2 is 1.81 bits per heavy atom. The van der Waals surface area contributed by atoms with Crippen molar-refractivity contribution in [3.05, 3.63) is 71.3 Å². The molecule has 3 N–H and O–H groups in total. The first-order valence-electron chi connectivity index (χ1n) is 8.66. The van der Waals surface area contributed by atoms with E-state index in [0.717, 1.165) is 11.6 Å². The summed E-state index contributed by atoms with van der Waals surface area (Å²) in [6.45, 7) is 4.92. The molecule has 0 saturated carbocycles. The van der Waals surface area contributed by atoms with Crippen LogP contribution in [0.1, 0.15) is 25.0 Å². The summed E-state index contributed by atoms with van der Waals surface area (Å²) in [5.74, 6) is -0.607. The molecule has 0 amide bonds. The van der Waals surface area contributed by atoms with Crippen LogP contribution in [-0.4, -0.2) is 30.7 Å². The number of nitrogens with zero attached hydrogens (tertiary/aromatic N) is 1.